The number of hydrogen-bond acceptors (Lipinski definition) is 2. The normalized spacial score (nSPS) is 9.93. The minimum absolute atomic E-state index is 0.867. The van der Waals surface area contributed by atoms with Gasteiger partial charge in [0.05, 0.1) is 11.6 Å². The first-order valence-electron chi connectivity index (χ1n) is 4.85. The molecule has 1 aromatic carbocycles. The van der Waals surface area contributed by atoms with Crippen LogP contribution in [0.15, 0.2) is 22.7 Å². The van der Waals surface area contributed by atoms with Gasteiger partial charge in [-0.3, -0.25) is 0 Å². The summed E-state index contributed by atoms with van der Waals surface area (Å²) in [5.41, 5.74) is 1.11. The molecule has 0 atom stereocenters. The molecule has 0 aromatic heterocycles. The summed E-state index contributed by atoms with van der Waals surface area (Å²) in [6.07, 6.45) is 2.40. The van der Waals surface area contributed by atoms with E-state index in [-0.39, 0.29) is 0 Å². The monoisotopic (exact) mass is 257 g/mol. The van der Waals surface area contributed by atoms with Crippen LogP contribution in [0.1, 0.15) is 19.8 Å². The lowest BCUT2D eigenvalue weighted by atomic mass is 10.3. The Kier molecular flexibility index (Phi) is 4.80. The number of rotatable bonds is 5. The van der Waals surface area contributed by atoms with Gasteiger partial charge < -0.3 is 10.1 Å². The molecule has 78 valence electrons. The Morgan fingerprint density at radius 1 is 1.43 bits per heavy atom. The second-order valence-electron chi connectivity index (χ2n) is 3.13. The van der Waals surface area contributed by atoms with E-state index in [1.165, 1.54) is 12.8 Å². The molecule has 0 radical (unpaired) electrons. The van der Waals surface area contributed by atoms with Crippen LogP contribution in [0.2, 0.25) is 0 Å². The summed E-state index contributed by atoms with van der Waals surface area (Å²) in [5, 5.41) is 3.35. The number of nitrogens with one attached hydrogen (secondary N) is 1. The molecule has 0 unspecified atom stereocenters. The first-order valence-corrected chi connectivity index (χ1v) is 5.64. The van der Waals surface area contributed by atoms with Crippen molar-refractivity contribution in [3.8, 4) is 5.75 Å². The van der Waals surface area contributed by atoms with Gasteiger partial charge in [-0.25, -0.2) is 0 Å². The zero-order valence-corrected chi connectivity index (χ0v) is 10.2. The lowest BCUT2D eigenvalue weighted by Gasteiger charge is -2.08. The molecule has 14 heavy (non-hydrogen) atoms. The number of methoxy groups -OCH3 is 1. The minimum Gasteiger partial charge on any atom is -0.495 e. The quantitative estimate of drug-likeness (QED) is 0.813. The van der Waals surface area contributed by atoms with Gasteiger partial charge in [0.15, 0.2) is 0 Å². The minimum atomic E-state index is 0.867. The summed E-state index contributed by atoms with van der Waals surface area (Å²) < 4.78 is 6.19. The number of hydrogen-bond donors (Lipinski definition) is 1. The molecule has 0 bridgehead atoms. The van der Waals surface area contributed by atoms with E-state index in [1.807, 2.05) is 18.2 Å². The van der Waals surface area contributed by atoms with Crippen LogP contribution in [-0.4, -0.2) is 13.7 Å². The molecule has 0 aliphatic heterocycles. The van der Waals surface area contributed by atoms with E-state index in [9.17, 15) is 0 Å². The molecular weight excluding hydrogens is 242 g/mol. The Labute approximate surface area is 93.8 Å². The average Bonchev–Trinajstić information content (AvgIpc) is 2.21. The lowest BCUT2D eigenvalue weighted by molar-refractivity contribution is 0.412. The molecule has 0 saturated carbocycles. The van der Waals surface area contributed by atoms with Gasteiger partial charge >= 0.3 is 0 Å². The predicted molar refractivity (Wildman–Crippen MR) is 64.1 cm³/mol. The summed E-state index contributed by atoms with van der Waals surface area (Å²) in [4.78, 5) is 0. The molecule has 0 saturated heterocycles. The Bertz CT molecular complexity index is 289. The molecule has 0 amide bonds. The third-order valence-corrected chi connectivity index (χ3v) is 2.67. The van der Waals surface area contributed by atoms with E-state index < -0.39 is 0 Å². The molecule has 0 aliphatic carbocycles. The first-order chi connectivity index (χ1) is 6.77. The topological polar surface area (TPSA) is 21.3 Å². The lowest BCUT2D eigenvalue weighted by Crippen LogP contribution is -2.00. The Morgan fingerprint density at radius 3 is 2.86 bits per heavy atom. The predicted octanol–water partition coefficient (Wildman–Crippen LogP) is 3.67. The number of unbranched alkanes of at least 4 members (excludes halogenated alkanes) is 1. The fourth-order valence-corrected chi connectivity index (χ4v) is 1.59. The van der Waals surface area contributed by atoms with Crippen LogP contribution in [0.3, 0.4) is 0 Å². The van der Waals surface area contributed by atoms with Crippen LogP contribution in [-0.2, 0) is 0 Å². The Balaban J connectivity index is 2.60. The van der Waals surface area contributed by atoms with Crippen molar-refractivity contribution >= 4 is 21.6 Å². The first kappa shape index (κ1) is 11.4. The number of benzene rings is 1. The molecule has 1 rings (SSSR count). The van der Waals surface area contributed by atoms with Gasteiger partial charge in [0, 0.05) is 18.3 Å². The van der Waals surface area contributed by atoms with E-state index in [0.717, 1.165) is 22.5 Å². The highest BCUT2D eigenvalue weighted by molar-refractivity contribution is 9.10. The zero-order chi connectivity index (χ0) is 10.4. The van der Waals surface area contributed by atoms with Crippen molar-refractivity contribution in [2.24, 2.45) is 0 Å². The molecule has 3 heteroatoms. The van der Waals surface area contributed by atoms with Gasteiger partial charge in [-0.15, -0.1) is 0 Å². The summed E-state index contributed by atoms with van der Waals surface area (Å²) >= 11 is 3.42. The fraction of sp³-hybridized carbons (Fsp3) is 0.455. The third kappa shape index (κ3) is 3.22. The van der Waals surface area contributed by atoms with E-state index in [0.29, 0.717) is 0 Å². The van der Waals surface area contributed by atoms with Crippen LogP contribution in [0, 0.1) is 0 Å². The standard InChI is InChI=1S/C11H16BrNO/c1-3-4-7-13-9-5-6-10(12)11(8-9)14-2/h5-6,8,13H,3-4,7H2,1-2H3. The molecule has 0 spiro atoms. The van der Waals surface area contributed by atoms with Gasteiger partial charge in [0.1, 0.15) is 5.75 Å². The highest BCUT2D eigenvalue weighted by Crippen LogP contribution is 2.27. The SMILES string of the molecule is CCCCNc1ccc(Br)c(OC)c1. The van der Waals surface area contributed by atoms with Crippen LogP contribution in [0.25, 0.3) is 0 Å². The summed E-state index contributed by atoms with van der Waals surface area (Å²) in [6, 6.07) is 6.04. The highest BCUT2D eigenvalue weighted by Gasteiger charge is 2.00. The van der Waals surface area contributed by atoms with Crippen molar-refractivity contribution in [1.29, 1.82) is 0 Å². The van der Waals surface area contributed by atoms with Crippen molar-refractivity contribution in [3.63, 3.8) is 0 Å². The molecule has 0 fully saturated rings. The van der Waals surface area contributed by atoms with E-state index in [2.05, 4.69) is 28.2 Å². The smallest absolute Gasteiger partial charge is 0.135 e. The van der Waals surface area contributed by atoms with Crippen molar-refractivity contribution in [2.75, 3.05) is 19.0 Å². The maximum Gasteiger partial charge on any atom is 0.135 e. The van der Waals surface area contributed by atoms with Gasteiger partial charge in [-0.1, -0.05) is 13.3 Å². The number of halogens is 1. The van der Waals surface area contributed by atoms with Gasteiger partial charge in [0.2, 0.25) is 0 Å². The van der Waals surface area contributed by atoms with E-state index in [1.54, 1.807) is 7.11 Å². The molecular formula is C11H16BrNO. The number of ether oxygens (including phenoxy) is 1. The maximum absolute atomic E-state index is 5.21. The van der Waals surface area contributed by atoms with Crippen molar-refractivity contribution in [3.05, 3.63) is 22.7 Å². The summed E-state index contributed by atoms with van der Waals surface area (Å²) in [6.45, 7) is 3.20. The van der Waals surface area contributed by atoms with Gasteiger partial charge in [-0.05, 0) is 34.5 Å². The van der Waals surface area contributed by atoms with E-state index in [4.69, 9.17) is 4.74 Å². The molecule has 0 heterocycles. The molecule has 2 nitrogen and oxygen atoms in total. The highest BCUT2D eigenvalue weighted by atomic mass is 79.9. The molecule has 1 aromatic rings. The Hall–Kier alpha value is -0.700. The third-order valence-electron chi connectivity index (χ3n) is 2.01. The number of anilines is 1. The van der Waals surface area contributed by atoms with Crippen molar-refractivity contribution < 1.29 is 4.74 Å². The molecule has 0 aliphatic rings. The van der Waals surface area contributed by atoms with Crippen LogP contribution >= 0.6 is 15.9 Å². The largest absolute Gasteiger partial charge is 0.495 e. The second-order valence-corrected chi connectivity index (χ2v) is 3.98. The average molecular weight is 258 g/mol. The van der Waals surface area contributed by atoms with Crippen molar-refractivity contribution in [1.82, 2.24) is 0 Å². The van der Waals surface area contributed by atoms with Crippen LogP contribution in [0.4, 0.5) is 5.69 Å². The zero-order valence-electron chi connectivity index (χ0n) is 8.64. The van der Waals surface area contributed by atoms with Crippen LogP contribution < -0.4 is 10.1 Å². The maximum atomic E-state index is 5.21. The fourth-order valence-electron chi connectivity index (χ4n) is 1.18. The van der Waals surface area contributed by atoms with Gasteiger partial charge in [0.25, 0.3) is 0 Å². The summed E-state index contributed by atoms with van der Waals surface area (Å²) in [7, 11) is 1.68. The second kappa shape index (κ2) is 5.91. The van der Waals surface area contributed by atoms with Crippen LogP contribution in [0.5, 0.6) is 5.75 Å². The molecule has 1 N–H and O–H groups in total. The summed E-state index contributed by atoms with van der Waals surface area (Å²) in [5.74, 6) is 0.867. The van der Waals surface area contributed by atoms with Gasteiger partial charge in [-0.2, -0.15) is 0 Å². The Morgan fingerprint density at radius 2 is 2.21 bits per heavy atom. The van der Waals surface area contributed by atoms with Crippen molar-refractivity contribution in [2.45, 2.75) is 19.8 Å². The van der Waals surface area contributed by atoms with E-state index >= 15 is 0 Å².